The van der Waals surface area contributed by atoms with Gasteiger partial charge < -0.3 is 20.8 Å². The van der Waals surface area contributed by atoms with Crippen molar-refractivity contribution >= 4 is 40.4 Å². The Kier molecular flexibility index (Phi) is 8.56. The third kappa shape index (κ3) is 6.62. The van der Waals surface area contributed by atoms with Gasteiger partial charge in [-0.2, -0.15) is 0 Å². The molecule has 0 heterocycles. The van der Waals surface area contributed by atoms with Gasteiger partial charge in [0.25, 0.3) is 11.8 Å². The molecule has 0 spiro atoms. The third-order valence-corrected chi connectivity index (χ3v) is 6.11. The van der Waals surface area contributed by atoms with Gasteiger partial charge in [0.2, 0.25) is 0 Å². The molecule has 0 bridgehead atoms. The third-order valence-electron chi connectivity index (χ3n) is 5.06. The van der Waals surface area contributed by atoms with Gasteiger partial charge in [-0.15, -0.1) is 0 Å². The van der Waals surface area contributed by atoms with Gasteiger partial charge in [0.05, 0.1) is 6.04 Å². The fourth-order valence-electron chi connectivity index (χ4n) is 3.31. The number of carbonyl (C=O) groups is 3. The molecule has 0 aliphatic rings. The zero-order valence-electron chi connectivity index (χ0n) is 17.5. The number of nitrogens with one attached hydrogen (secondary N) is 2. The Morgan fingerprint density at radius 1 is 0.818 bits per heavy atom. The summed E-state index contributed by atoms with van der Waals surface area (Å²) in [6, 6.07) is 21.9. The molecule has 0 unspecified atom stereocenters. The van der Waals surface area contributed by atoms with Crippen LogP contribution in [0.5, 0.6) is 0 Å². The summed E-state index contributed by atoms with van der Waals surface area (Å²) in [5.41, 5.74) is 1.64. The molecule has 0 aromatic heterocycles. The van der Waals surface area contributed by atoms with E-state index in [2.05, 4.69) is 33.2 Å². The van der Waals surface area contributed by atoms with Crippen LogP contribution in [0.25, 0.3) is 0 Å². The number of aliphatic hydroxyl groups is 1. The summed E-state index contributed by atoms with van der Waals surface area (Å²) < 4.78 is 0.869. The molecule has 0 radical (unpaired) electrons. The van der Waals surface area contributed by atoms with Crippen LogP contribution in [-0.2, 0) is 16.0 Å². The summed E-state index contributed by atoms with van der Waals surface area (Å²) in [6.45, 7) is 0. The van der Waals surface area contributed by atoms with Crippen LogP contribution in [0.4, 0.5) is 0 Å². The van der Waals surface area contributed by atoms with E-state index in [4.69, 9.17) is 0 Å². The highest BCUT2D eigenvalue weighted by atomic mass is 127. The molecular formula is C25H23IN2O5. The fourth-order valence-corrected chi connectivity index (χ4v) is 3.92. The molecule has 7 nitrogen and oxygen atoms in total. The Morgan fingerprint density at radius 3 is 2.00 bits per heavy atom. The van der Waals surface area contributed by atoms with Crippen LogP contribution >= 0.6 is 22.6 Å². The number of hydrogen-bond donors (Lipinski definition) is 4. The fraction of sp³-hybridized carbons (Fsp3) is 0.160. The van der Waals surface area contributed by atoms with E-state index in [0.29, 0.717) is 11.1 Å². The maximum atomic E-state index is 12.9. The first-order chi connectivity index (χ1) is 15.9. The minimum atomic E-state index is -1.71. The average Bonchev–Trinajstić information content (AvgIpc) is 2.83. The summed E-state index contributed by atoms with van der Waals surface area (Å²) in [5.74, 6) is -2.58. The van der Waals surface area contributed by atoms with Crippen LogP contribution in [0.2, 0.25) is 0 Å². The van der Waals surface area contributed by atoms with Crippen molar-refractivity contribution in [1.82, 2.24) is 10.6 Å². The van der Waals surface area contributed by atoms with Gasteiger partial charge in [-0.05, 0) is 51.9 Å². The van der Waals surface area contributed by atoms with Crippen LogP contribution in [-0.4, -0.2) is 40.1 Å². The van der Waals surface area contributed by atoms with E-state index >= 15 is 0 Å². The van der Waals surface area contributed by atoms with Gasteiger partial charge in [-0.3, -0.25) is 9.59 Å². The number of hydrogen-bond acceptors (Lipinski definition) is 4. The van der Waals surface area contributed by atoms with Gasteiger partial charge in [-0.25, -0.2) is 4.79 Å². The maximum Gasteiger partial charge on any atom is 0.326 e. The lowest BCUT2D eigenvalue weighted by Crippen LogP contribution is -2.50. The Hall–Kier alpha value is -3.24. The Balaban J connectivity index is 1.79. The summed E-state index contributed by atoms with van der Waals surface area (Å²) in [7, 11) is 0. The standard InChI is InChI=1S/C25H23IN2O5/c26-19-14-8-7-13-18(19)15-20(25(32)33)27-24(31)22(29)21(16-9-3-1-4-10-16)28-23(30)17-11-5-2-6-12-17/h1-14,20-22,29H,15H2,(H,27,31)(H,28,30)(H,32,33)/t20-,21+,22-/m1/s1. The molecule has 2 amide bonds. The summed E-state index contributed by atoms with van der Waals surface area (Å²) in [6.07, 6.45) is -1.66. The Morgan fingerprint density at radius 2 is 1.39 bits per heavy atom. The predicted molar refractivity (Wildman–Crippen MR) is 132 cm³/mol. The molecule has 3 aromatic rings. The quantitative estimate of drug-likeness (QED) is 0.302. The second-order valence-corrected chi connectivity index (χ2v) is 8.53. The molecule has 170 valence electrons. The number of rotatable bonds is 9. The smallest absolute Gasteiger partial charge is 0.326 e. The first-order valence-electron chi connectivity index (χ1n) is 10.2. The van der Waals surface area contributed by atoms with Gasteiger partial charge in [0, 0.05) is 15.6 Å². The van der Waals surface area contributed by atoms with E-state index in [-0.39, 0.29) is 6.42 Å². The van der Waals surface area contributed by atoms with E-state index in [1.54, 1.807) is 72.8 Å². The first kappa shape index (κ1) is 24.4. The number of carbonyl (C=O) groups excluding carboxylic acids is 2. The number of amides is 2. The van der Waals surface area contributed by atoms with E-state index in [1.165, 1.54) is 0 Å². The highest BCUT2D eigenvalue weighted by molar-refractivity contribution is 14.1. The number of benzene rings is 3. The monoisotopic (exact) mass is 558 g/mol. The summed E-state index contributed by atoms with van der Waals surface area (Å²) >= 11 is 2.10. The van der Waals surface area contributed by atoms with Crippen molar-refractivity contribution < 1.29 is 24.6 Å². The van der Waals surface area contributed by atoms with Crippen molar-refractivity contribution in [3.63, 3.8) is 0 Å². The molecule has 3 atom stereocenters. The van der Waals surface area contributed by atoms with Crippen molar-refractivity contribution in [2.75, 3.05) is 0 Å². The van der Waals surface area contributed by atoms with Crippen LogP contribution in [0.15, 0.2) is 84.9 Å². The zero-order valence-corrected chi connectivity index (χ0v) is 19.7. The van der Waals surface area contributed by atoms with Crippen molar-refractivity contribution in [3.05, 3.63) is 105 Å². The van der Waals surface area contributed by atoms with Crippen LogP contribution in [0, 0.1) is 3.57 Å². The van der Waals surface area contributed by atoms with E-state index < -0.39 is 36.0 Å². The molecule has 0 aliphatic carbocycles. The van der Waals surface area contributed by atoms with Gasteiger partial charge in [-0.1, -0.05) is 66.7 Å². The van der Waals surface area contributed by atoms with Crippen molar-refractivity contribution in [3.8, 4) is 0 Å². The second-order valence-electron chi connectivity index (χ2n) is 7.37. The molecular weight excluding hydrogens is 535 g/mol. The SMILES string of the molecule is O=C(N[C@@H](c1ccccc1)[C@@H](O)C(=O)N[C@H](Cc1ccccc1I)C(=O)O)c1ccccc1. The molecule has 0 aliphatic heterocycles. The lowest BCUT2D eigenvalue weighted by atomic mass is 9.99. The first-order valence-corrected chi connectivity index (χ1v) is 11.3. The molecule has 3 aromatic carbocycles. The zero-order chi connectivity index (χ0) is 23.8. The van der Waals surface area contributed by atoms with E-state index in [9.17, 15) is 24.6 Å². The van der Waals surface area contributed by atoms with Crippen LogP contribution in [0.3, 0.4) is 0 Å². The average molecular weight is 558 g/mol. The normalized spacial score (nSPS) is 13.4. The van der Waals surface area contributed by atoms with Crippen LogP contribution in [0.1, 0.15) is 27.5 Å². The van der Waals surface area contributed by atoms with E-state index in [1.807, 2.05) is 12.1 Å². The Bertz CT molecular complexity index is 1110. The molecule has 33 heavy (non-hydrogen) atoms. The van der Waals surface area contributed by atoms with Gasteiger partial charge in [0.1, 0.15) is 6.04 Å². The number of aliphatic hydroxyl groups excluding tert-OH is 1. The number of carboxylic acid groups (broad SMARTS) is 1. The van der Waals surface area contributed by atoms with Gasteiger partial charge >= 0.3 is 5.97 Å². The topological polar surface area (TPSA) is 116 Å². The largest absolute Gasteiger partial charge is 0.480 e. The molecule has 0 saturated heterocycles. The lowest BCUT2D eigenvalue weighted by Gasteiger charge is -2.25. The summed E-state index contributed by atoms with van der Waals surface area (Å²) in [5, 5.41) is 25.6. The number of halogens is 1. The minimum Gasteiger partial charge on any atom is -0.480 e. The Labute approximate surface area is 205 Å². The second kappa shape index (κ2) is 11.6. The minimum absolute atomic E-state index is 0.0548. The predicted octanol–water partition coefficient (Wildman–Crippen LogP) is 2.94. The molecule has 4 N–H and O–H groups in total. The van der Waals surface area contributed by atoms with Crippen LogP contribution < -0.4 is 10.6 Å². The molecule has 0 fully saturated rings. The number of aliphatic carboxylic acids is 1. The highest BCUT2D eigenvalue weighted by Crippen LogP contribution is 2.19. The van der Waals surface area contributed by atoms with Crippen molar-refractivity contribution in [2.24, 2.45) is 0 Å². The number of carboxylic acids is 1. The molecule has 8 heteroatoms. The summed E-state index contributed by atoms with van der Waals surface area (Å²) in [4.78, 5) is 37.4. The molecule has 3 rings (SSSR count). The van der Waals surface area contributed by atoms with Crippen molar-refractivity contribution in [2.45, 2.75) is 24.6 Å². The lowest BCUT2D eigenvalue weighted by molar-refractivity contribution is -0.143. The molecule has 0 saturated carbocycles. The highest BCUT2D eigenvalue weighted by Gasteiger charge is 2.32. The van der Waals surface area contributed by atoms with Gasteiger partial charge in [0.15, 0.2) is 6.10 Å². The maximum absolute atomic E-state index is 12.9. The van der Waals surface area contributed by atoms with E-state index in [0.717, 1.165) is 9.13 Å². The van der Waals surface area contributed by atoms with Crippen molar-refractivity contribution in [1.29, 1.82) is 0 Å².